The number of benzene rings is 2. The lowest BCUT2D eigenvalue weighted by atomic mass is 9.81. The van der Waals surface area contributed by atoms with Crippen molar-refractivity contribution < 1.29 is 21.8 Å². The van der Waals surface area contributed by atoms with Crippen molar-refractivity contribution in [2.45, 2.75) is 37.8 Å². The molecule has 1 N–H and O–H groups in total. The van der Waals surface area contributed by atoms with E-state index in [2.05, 4.69) is 21.2 Å². The summed E-state index contributed by atoms with van der Waals surface area (Å²) in [6.45, 7) is 2.51. The molecule has 2 amide bonds. The lowest BCUT2D eigenvalue weighted by Gasteiger charge is -2.45. The molecule has 1 saturated heterocycles. The van der Waals surface area contributed by atoms with Crippen molar-refractivity contribution in [1.82, 2.24) is 10.2 Å². The summed E-state index contributed by atoms with van der Waals surface area (Å²) in [6.07, 6.45) is 2.50. The minimum Gasteiger partial charge on any atom is -0.328 e. The second-order valence-corrected chi connectivity index (χ2v) is 10.4. The van der Waals surface area contributed by atoms with Gasteiger partial charge in [-0.15, -0.1) is 0 Å². The van der Waals surface area contributed by atoms with E-state index in [9.17, 15) is 17.6 Å². The fraction of sp³-hybridized carbons (Fsp3) is 0.409. The van der Waals surface area contributed by atoms with Gasteiger partial charge in [-0.05, 0) is 61.6 Å². The average Bonchev–Trinajstić information content (AvgIpc) is 2.71. The van der Waals surface area contributed by atoms with E-state index in [0.29, 0.717) is 25.8 Å². The first-order chi connectivity index (χ1) is 14.6. The molecule has 168 valence electrons. The van der Waals surface area contributed by atoms with Crippen molar-refractivity contribution in [3.8, 4) is 0 Å². The molecule has 9 heteroatoms. The predicted molar refractivity (Wildman–Crippen MR) is 121 cm³/mol. The van der Waals surface area contributed by atoms with Crippen molar-refractivity contribution >= 4 is 32.1 Å². The zero-order chi connectivity index (χ0) is 22.6. The van der Waals surface area contributed by atoms with Crippen LogP contribution in [0.3, 0.4) is 0 Å². The molecule has 1 fully saturated rings. The Kier molecular flexibility index (Phi) is 7.39. The molecule has 1 aliphatic rings. The number of urea groups is 1. The van der Waals surface area contributed by atoms with Gasteiger partial charge in [0.2, 0.25) is 0 Å². The molecule has 2 aromatic carbocycles. The smallest absolute Gasteiger partial charge is 0.318 e. The Morgan fingerprint density at radius 3 is 2.42 bits per heavy atom. The molecule has 2 atom stereocenters. The van der Waals surface area contributed by atoms with E-state index >= 15 is 0 Å². The van der Waals surface area contributed by atoms with Gasteiger partial charge in [0.25, 0.3) is 10.1 Å². The molecule has 0 radical (unpaired) electrons. The Hall–Kier alpha value is -1.97. The van der Waals surface area contributed by atoms with Crippen molar-refractivity contribution in [2.75, 3.05) is 19.4 Å². The summed E-state index contributed by atoms with van der Waals surface area (Å²) in [6, 6.07) is 13.6. The molecule has 1 aliphatic heterocycles. The van der Waals surface area contributed by atoms with Crippen LogP contribution in [0.2, 0.25) is 0 Å². The highest BCUT2D eigenvalue weighted by Gasteiger charge is 2.40. The highest BCUT2D eigenvalue weighted by molar-refractivity contribution is 9.10. The van der Waals surface area contributed by atoms with Crippen LogP contribution < -0.4 is 5.32 Å². The summed E-state index contributed by atoms with van der Waals surface area (Å²) in [4.78, 5) is 14.9. The van der Waals surface area contributed by atoms with E-state index in [0.717, 1.165) is 21.9 Å². The van der Waals surface area contributed by atoms with Crippen LogP contribution in [0.4, 0.5) is 9.18 Å². The Balaban J connectivity index is 1.78. The van der Waals surface area contributed by atoms with Crippen molar-refractivity contribution in [1.29, 1.82) is 0 Å². The summed E-state index contributed by atoms with van der Waals surface area (Å²) in [5.41, 5.74) is 1.09. The predicted octanol–water partition coefficient (Wildman–Crippen LogP) is 4.72. The molecule has 0 bridgehead atoms. The largest absolute Gasteiger partial charge is 0.328 e. The number of carbonyl (C=O) groups excluding carboxylic acids is 1. The first kappa shape index (κ1) is 23.7. The van der Waals surface area contributed by atoms with Gasteiger partial charge in [0.15, 0.2) is 0 Å². The maximum Gasteiger partial charge on any atom is 0.318 e. The van der Waals surface area contributed by atoms with E-state index in [1.54, 1.807) is 17.0 Å². The number of hydrogen-bond donors (Lipinski definition) is 1. The first-order valence-electron chi connectivity index (χ1n) is 10.0. The molecule has 0 saturated carbocycles. The van der Waals surface area contributed by atoms with Crippen LogP contribution in [0.1, 0.15) is 43.4 Å². The molecular formula is C22H26BrFN2O4S. The Morgan fingerprint density at radius 2 is 1.84 bits per heavy atom. The normalized spacial score (nSPS) is 20.4. The number of halogens is 2. The van der Waals surface area contributed by atoms with Gasteiger partial charge in [-0.3, -0.25) is 4.18 Å². The van der Waals surface area contributed by atoms with Crippen LogP contribution in [0.15, 0.2) is 53.0 Å². The van der Waals surface area contributed by atoms with Gasteiger partial charge in [-0.1, -0.05) is 40.2 Å². The summed E-state index contributed by atoms with van der Waals surface area (Å²) < 4.78 is 41.8. The average molecular weight is 513 g/mol. The Bertz CT molecular complexity index is 1010. The molecule has 0 aliphatic carbocycles. The zero-order valence-electron chi connectivity index (χ0n) is 17.5. The fourth-order valence-electron chi connectivity index (χ4n) is 3.94. The SMILES string of the molecule is C[C@@H](c1ccc(Br)cc1)N1CCC(CCCOS(C)(=O)=O)(c2ccc(F)cc2)NC1=O. The second-order valence-electron chi connectivity index (χ2n) is 7.82. The van der Waals surface area contributed by atoms with Crippen LogP contribution in [-0.2, 0) is 19.8 Å². The third kappa shape index (κ3) is 6.05. The quantitative estimate of drug-likeness (QED) is 0.410. The van der Waals surface area contributed by atoms with Gasteiger partial charge in [0.1, 0.15) is 5.82 Å². The number of rotatable bonds is 8. The van der Waals surface area contributed by atoms with Gasteiger partial charge < -0.3 is 10.2 Å². The van der Waals surface area contributed by atoms with Crippen molar-refractivity contribution in [3.05, 3.63) is 69.9 Å². The lowest BCUT2D eigenvalue weighted by Crippen LogP contribution is -2.58. The Morgan fingerprint density at radius 1 is 1.19 bits per heavy atom. The van der Waals surface area contributed by atoms with Crippen LogP contribution in [0.5, 0.6) is 0 Å². The van der Waals surface area contributed by atoms with E-state index in [-0.39, 0.29) is 24.5 Å². The minimum atomic E-state index is -3.53. The molecule has 6 nitrogen and oxygen atoms in total. The maximum atomic E-state index is 13.5. The topological polar surface area (TPSA) is 75.7 Å². The van der Waals surface area contributed by atoms with Crippen molar-refractivity contribution in [3.63, 3.8) is 0 Å². The monoisotopic (exact) mass is 512 g/mol. The molecule has 3 rings (SSSR count). The maximum absolute atomic E-state index is 13.5. The molecule has 1 heterocycles. The van der Waals surface area contributed by atoms with E-state index < -0.39 is 15.7 Å². The van der Waals surface area contributed by atoms with Crippen LogP contribution >= 0.6 is 15.9 Å². The molecule has 0 spiro atoms. The van der Waals surface area contributed by atoms with E-state index in [1.807, 2.05) is 31.2 Å². The summed E-state index contributed by atoms with van der Waals surface area (Å²) in [5, 5.41) is 3.13. The number of amides is 2. The molecule has 0 aromatic heterocycles. The standard InChI is InChI=1S/C22H26BrFN2O4S/c1-16(17-4-8-19(23)9-5-17)26-14-13-22(25-21(26)27,12-3-15-30-31(2,28)29)18-6-10-20(24)11-7-18/h4-11,16H,3,12-15H2,1-2H3,(H,25,27)/t16-,22?/m0/s1. The molecular weight excluding hydrogens is 487 g/mol. The van der Waals surface area contributed by atoms with Gasteiger partial charge in [0, 0.05) is 11.0 Å². The van der Waals surface area contributed by atoms with Crippen LogP contribution in [-0.4, -0.2) is 38.8 Å². The van der Waals surface area contributed by atoms with Gasteiger partial charge in [-0.25, -0.2) is 9.18 Å². The number of hydrogen-bond acceptors (Lipinski definition) is 4. The summed E-state index contributed by atoms with van der Waals surface area (Å²) in [5.74, 6) is -0.355. The van der Waals surface area contributed by atoms with Crippen molar-refractivity contribution in [2.24, 2.45) is 0 Å². The number of nitrogens with one attached hydrogen (secondary N) is 1. The third-order valence-corrected chi connectivity index (χ3v) is 6.77. The zero-order valence-corrected chi connectivity index (χ0v) is 19.9. The number of carbonyl (C=O) groups is 1. The number of nitrogens with zero attached hydrogens (tertiary/aromatic N) is 1. The minimum absolute atomic E-state index is 0.0245. The van der Waals surface area contributed by atoms with Gasteiger partial charge >= 0.3 is 6.03 Å². The van der Waals surface area contributed by atoms with Gasteiger partial charge in [0.05, 0.1) is 24.4 Å². The highest BCUT2D eigenvalue weighted by Crippen LogP contribution is 2.36. The van der Waals surface area contributed by atoms with Crippen LogP contribution in [0.25, 0.3) is 0 Å². The van der Waals surface area contributed by atoms with E-state index in [1.165, 1.54) is 12.1 Å². The highest BCUT2D eigenvalue weighted by atomic mass is 79.9. The Labute approximate surface area is 191 Å². The van der Waals surface area contributed by atoms with Crippen LogP contribution in [0, 0.1) is 5.82 Å². The first-order valence-corrected chi connectivity index (χ1v) is 12.7. The lowest BCUT2D eigenvalue weighted by molar-refractivity contribution is 0.118. The molecule has 31 heavy (non-hydrogen) atoms. The van der Waals surface area contributed by atoms with Gasteiger partial charge in [-0.2, -0.15) is 8.42 Å². The third-order valence-electron chi connectivity index (χ3n) is 5.65. The summed E-state index contributed by atoms with van der Waals surface area (Å²) >= 11 is 3.42. The molecule has 1 unspecified atom stereocenters. The summed E-state index contributed by atoms with van der Waals surface area (Å²) in [7, 11) is -3.53. The van der Waals surface area contributed by atoms with E-state index in [4.69, 9.17) is 4.18 Å². The second kappa shape index (κ2) is 9.67. The fourth-order valence-corrected chi connectivity index (χ4v) is 4.63. The molecule has 2 aromatic rings.